The molecule has 4 nitrogen and oxygen atoms in total. The number of ether oxygens (including phenoxy) is 1. The Morgan fingerprint density at radius 1 is 1.53 bits per heavy atom. The second kappa shape index (κ2) is 6.20. The van der Waals surface area contributed by atoms with Gasteiger partial charge in [0.05, 0.1) is 13.7 Å². The molecule has 0 heterocycles. The van der Waals surface area contributed by atoms with Gasteiger partial charge >= 0.3 is 5.97 Å². The molecule has 0 spiro atoms. The first-order valence-corrected chi connectivity index (χ1v) is 5.25. The monoisotopic (exact) mass is 241 g/mol. The van der Waals surface area contributed by atoms with Crippen LogP contribution in [-0.4, -0.2) is 43.2 Å². The average Bonchev–Trinajstić information content (AvgIpc) is 2.25. The van der Waals surface area contributed by atoms with Crippen LogP contribution in [0.4, 0.5) is 4.39 Å². The van der Waals surface area contributed by atoms with E-state index in [-0.39, 0.29) is 12.4 Å². The molecule has 17 heavy (non-hydrogen) atoms. The van der Waals surface area contributed by atoms with E-state index in [1.807, 2.05) is 0 Å². The van der Waals surface area contributed by atoms with Gasteiger partial charge < -0.3 is 9.84 Å². The van der Waals surface area contributed by atoms with E-state index in [1.165, 1.54) is 19.2 Å². The molecular weight excluding hydrogens is 225 g/mol. The summed E-state index contributed by atoms with van der Waals surface area (Å²) in [6.07, 6.45) is 0.546. The summed E-state index contributed by atoms with van der Waals surface area (Å²) in [5.74, 6) is -0.574. The Morgan fingerprint density at radius 2 is 2.24 bits per heavy atom. The smallest absolute Gasteiger partial charge is 0.317 e. The van der Waals surface area contributed by atoms with Gasteiger partial charge in [-0.05, 0) is 37.2 Å². The number of hydrogen-bond acceptors (Lipinski definition) is 3. The van der Waals surface area contributed by atoms with Crippen LogP contribution in [0.15, 0.2) is 18.2 Å². The molecule has 1 N–H and O–H groups in total. The molecule has 1 aromatic carbocycles. The van der Waals surface area contributed by atoms with E-state index in [4.69, 9.17) is 9.84 Å². The lowest BCUT2D eigenvalue weighted by molar-refractivity contribution is -0.137. The van der Waals surface area contributed by atoms with Crippen LogP contribution in [-0.2, 0) is 11.2 Å². The first-order chi connectivity index (χ1) is 8.02. The van der Waals surface area contributed by atoms with Crippen molar-refractivity contribution in [2.24, 2.45) is 0 Å². The van der Waals surface area contributed by atoms with E-state index in [9.17, 15) is 9.18 Å². The predicted octanol–water partition coefficient (Wildman–Crippen LogP) is 1.39. The molecule has 0 bridgehead atoms. The van der Waals surface area contributed by atoms with Gasteiger partial charge in [0, 0.05) is 6.54 Å². The Morgan fingerprint density at radius 3 is 2.82 bits per heavy atom. The van der Waals surface area contributed by atoms with Gasteiger partial charge in [0.15, 0.2) is 0 Å². The van der Waals surface area contributed by atoms with Gasteiger partial charge in [-0.2, -0.15) is 0 Å². The summed E-state index contributed by atoms with van der Waals surface area (Å²) >= 11 is 0. The third-order valence-electron chi connectivity index (χ3n) is 2.41. The molecule has 0 amide bonds. The highest BCUT2D eigenvalue weighted by atomic mass is 19.1. The molecule has 0 saturated carbocycles. The number of rotatable bonds is 6. The molecule has 0 aliphatic heterocycles. The SMILES string of the molecule is COc1ccc(F)cc1CCN(C)CC(=O)O. The lowest BCUT2D eigenvalue weighted by Crippen LogP contribution is -2.27. The zero-order chi connectivity index (χ0) is 12.8. The van der Waals surface area contributed by atoms with Gasteiger partial charge in [-0.3, -0.25) is 9.69 Å². The van der Waals surface area contributed by atoms with Gasteiger partial charge in [0.25, 0.3) is 0 Å². The Kier molecular flexibility index (Phi) is 4.90. The van der Waals surface area contributed by atoms with Crippen molar-refractivity contribution in [3.8, 4) is 5.75 Å². The first-order valence-electron chi connectivity index (χ1n) is 5.25. The summed E-state index contributed by atoms with van der Waals surface area (Å²) in [6, 6.07) is 4.32. The number of carbonyl (C=O) groups is 1. The quantitative estimate of drug-likeness (QED) is 0.817. The van der Waals surface area contributed by atoms with Crippen LogP contribution in [0.3, 0.4) is 0 Å². The fourth-order valence-corrected chi connectivity index (χ4v) is 1.56. The van der Waals surface area contributed by atoms with Crippen LogP contribution in [0.2, 0.25) is 0 Å². The van der Waals surface area contributed by atoms with Crippen LogP contribution < -0.4 is 4.74 Å². The summed E-state index contributed by atoms with van der Waals surface area (Å²) in [4.78, 5) is 12.1. The number of nitrogens with zero attached hydrogens (tertiary/aromatic N) is 1. The third kappa shape index (κ3) is 4.40. The van der Waals surface area contributed by atoms with E-state index < -0.39 is 5.97 Å². The van der Waals surface area contributed by atoms with Crippen LogP contribution >= 0.6 is 0 Å². The van der Waals surface area contributed by atoms with Gasteiger partial charge in [0.1, 0.15) is 11.6 Å². The highest BCUT2D eigenvalue weighted by Crippen LogP contribution is 2.19. The summed E-state index contributed by atoms with van der Waals surface area (Å²) in [7, 11) is 3.23. The number of carboxylic acid groups (broad SMARTS) is 1. The largest absolute Gasteiger partial charge is 0.496 e. The minimum atomic E-state index is -0.876. The fourth-order valence-electron chi connectivity index (χ4n) is 1.56. The second-order valence-electron chi connectivity index (χ2n) is 3.84. The van der Waals surface area contributed by atoms with Crippen molar-refractivity contribution in [3.63, 3.8) is 0 Å². The lowest BCUT2D eigenvalue weighted by Gasteiger charge is -2.15. The number of carboxylic acids is 1. The predicted molar refractivity (Wildman–Crippen MR) is 61.8 cm³/mol. The molecule has 0 atom stereocenters. The van der Waals surface area contributed by atoms with E-state index in [1.54, 1.807) is 18.0 Å². The van der Waals surface area contributed by atoms with Gasteiger partial charge in [-0.25, -0.2) is 4.39 Å². The maximum Gasteiger partial charge on any atom is 0.317 e. The molecule has 1 aromatic rings. The number of likely N-dealkylation sites (N-methyl/N-ethyl adjacent to an activating group) is 1. The van der Waals surface area contributed by atoms with Gasteiger partial charge in [0.2, 0.25) is 0 Å². The molecule has 94 valence electrons. The van der Waals surface area contributed by atoms with Crippen LogP contribution in [0.5, 0.6) is 5.75 Å². The number of aliphatic carboxylic acids is 1. The molecule has 0 aliphatic carbocycles. The van der Waals surface area contributed by atoms with Crippen molar-refractivity contribution in [2.75, 3.05) is 27.2 Å². The number of benzene rings is 1. The van der Waals surface area contributed by atoms with Crippen molar-refractivity contribution in [1.29, 1.82) is 0 Å². The zero-order valence-electron chi connectivity index (χ0n) is 9.94. The van der Waals surface area contributed by atoms with Crippen molar-refractivity contribution >= 4 is 5.97 Å². The van der Waals surface area contributed by atoms with Crippen molar-refractivity contribution in [2.45, 2.75) is 6.42 Å². The van der Waals surface area contributed by atoms with Crippen molar-refractivity contribution in [1.82, 2.24) is 4.90 Å². The molecule has 0 fully saturated rings. The van der Waals surface area contributed by atoms with Crippen LogP contribution in [0.25, 0.3) is 0 Å². The summed E-state index contributed by atoms with van der Waals surface area (Å²) in [5.41, 5.74) is 0.740. The third-order valence-corrected chi connectivity index (χ3v) is 2.41. The Hall–Kier alpha value is -1.62. The summed E-state index contributed by atoms with van der Waals surface area (Å²) in [6.45, 7) is 0.504. The minimum Gasteiger partial charge on any atom is -0.496 e. The molecule has 0 aromatic heterocycles. The maximum absolute atomic E-state index is 13.1. The minimum absolute atomic E-state index is 0.0301. The second-order valence-corrected chi connectivity index (χ2v) is 3.84. The molecule has 0 unspecified atom stereocenters. The molecule has 0 saturated heterocycles. The topological polar surface area (TPSA) is 49.8 Å². The summed E-state index contributed by atoms with van der Waals surface area (Å²) in [5, 5.41) is 8.60. The number of methoxy groups -OCH3 is 1. The highest BCUT2D eigenvalue weighted by molar-refractivity contribution is 5.69. The number of hydrogen-bond donors (Lipinski definition) is 1. The molecule has 0 radical (unpaired) electrons. The normalized spacial score (nSPS) is 10.6. The molecule has 0 aliphatic rings. The van der Waals surface area contributed by atoms with Crippen molar-refractivity contribution in [3.05, 3.63) is 29.6 Å². The Balaban J connectivity index is 2.61. The van der Waals surface area contributed by atoms with Crippen LogP contribution in [0.1, 0.15) is 5.56 Å². The molecule has 1 rings (SSSR count). The fraction of sp³-hybridized carbons (Fsp3) is 0.417. The first kappa shape index (κ1) is 13.4. The van der Waals surface area contributed by atoms with Gasteiger partial charge in [-0.15, -0.1) is 0 Å². The van der Waals surface area contributed by atoms with E-state index in [0.29, 0.717) is 18.7 Å². The maximum atomic E-state index is 13.1. The zero-order valence-corrected chi connectivity index (χ0v) is 9.94. The number of halogens is 1. The Labute approximate surface area is 99.6 Å². The lowest BCUT2D eigenvalue weighted by atomic mass is 10.1. The van der Waals surface area contributed by atoms with E-state index in [2.05, 4.69) is 0 Å². The standard InChI is InChI=1S/C12H16FNO3/c1-14(8-12(15)16)6-5-9-7-10(13)3-4-11(9)17-2/h3-4,7H,5-6,8H2,1-2H3,(H,15,16). The van der Waals surface area contributed by atoms with Crippen LogP contribution in [0, 0.1) is 5.82 Å². The molecule has 5 heteroatoms. The van der Waals surface area contributed by atoms with E-state index in [0.717, 1.165) is 5.56 Å². The van der Waals surface area contributed by atoms with Crippen molar-refractivity contribution < 1.29 is 19.0 Å². The molecular formula is C12H16FNO3. The average molecular weight is 241 g/mol. The summed E-state index contributed by atoms with van der Waals surface area (Å²) < 4.78 is 18.2. The Bertz CT molecular complexity index is 395. The van der Waals surface area contributed by atoms with E-state index >= 15 is 0 Å². The highest BCUT2D eigenvalue weighted by Gasteiger charge is 2.08. The van der Waals surface area contributed by atoms with Gasteiger partial charge in [-0.1, -0.05) is 0 Å².